The number of benzene rings is 2. The molecule has 4 aromatic rings. The van der Waals surface area contributed by atoms with E-state index in [-0.39, 0.29) is 28.6 Å². The van der Waals surface area contributed by atoms with Gasteiger partial charge in [0.05, 0.1) is 17.5 Å². The van der Waals surface area contributed by atoms with E-state index in [1.807, 2.05) is 37.3 Å². The molecule has 9 nitrogen and oxygen atoms in total. The van der Waals surface area contributed by atoms with Crippen molar-refractivity contribution in [2.24, 2.45) is 0 Å². The third kappa shape index (κ3) is 4.99. The number of carbonyl (C=O) groups is 2. The molecule has 1 aliphatic rings. The molecule has 0 aliphatic carbocycles. The van der Waals surface area contributed by atoms with Crippen LogP contribution in [0.15, 0.2) is 59.4 Å². The predicted octanol–water partition coefficient (Wildman–Crippen LogP) is 3.01. The highest BCUT2D eigenvalue weighted by molar-refractivity contribution is 7.08. The summed E-state index contributed by atoms with van der Waals surface area (Å²) in [6.45, 7) is 4.59. The molecule has 0 radical (unpaired) electrons. The third-order valence-electron chi connectivity index (χ3n) is 6.29. The SMILES string of the molecule is CC(=O)N1C[C@H](c2n[nH]c(=O)s2)[C@H](NC(=O)c2ccc(OCc3cc(C)nc4ccccc34)cc2)C1. The molecule has 184 valence electrons. The van der Waals surface area contributed by atoms with E-state index in [2.05, 4.69) is 20.5 Å². The minimum Gasteiger partial charge on any atom is -0.489 e. The molecule has 0 saturated carbocycles. The lowest BCUT2D eigenvalue weighted by Gasteiger charge is -2.17. The van der Waals surface area contributed by atoms with Crippen molar-refractivity contribution in [2.45, 2.75) is 32.4 Å². The van der Waals surface area contributed by atoms with Gasteiger partial charge in [0.2, 0.25) is 5.91 Å². The van der Waals surface area contributed by atoms with Crippen molar-refractivity contribution in [1.29, 1.82) is 0 Å². The van der Waals surface area contributed by atoms with Crippen LogP contribution in [0.5, 0.6) is 5.75 Å². The van der Waals surface area contributed by atoms with Gasteiger partial charge in [-0.1, -0.05) is 29.5 Å². The fraction of sp³-hybridized carbons (Fsp3) is 0.269. The van der Waals surface area contributed by atoms with Crippen molar-refractivity contribution < 1.29 is 14.3 Å². The Bertz CT molecular complexity index is 1480. The van der Waals surface area contributed by atoms with Crippen molar-refractivity contribution in [1.82, 2.24) is 25.4 Å². The molecule has 36 heavy (non-hydrogen) atoms. The summed E-state index contributed by atoms with van der Waals surface area (Å²) in [6, 6.07) is 16.6. The maximum atomic E-state index is 13.0. The van der Waals surface area contributed by atoms with E-state index in [1.165, 1.54) is 6.92 Å². The minimum absolute atomic E-state index is 0.0849. The van der Waals surface area contributed by atoms with Gasteiger partial charge >= 0.3 is 4.87 Å². The van der Waals surface area contributed by atoms with Gasteiger partial charge in [0.25, 0.3) is 5.91 Å². The van der Waals surface area contributed by atoms with Crippen molar-refractivity contribution in [3.63, 3.8) is 0 Å². The van der Waals surface area contributed by atoms with Crippen molar-refractivity contribution in [3.8, 4) is 5.75 Å². The first-order valence-corrected chi connectivity index (χ1v) is 12.4. The van der Waals surface area contributed by atoms with E-state index >= 15 is 0 Å². The van der Waals surface area contributed by atoms with Crippen LogP contribution in [0.4, 0.5) is 0 Å². The predicted molar refractivity (Wildman–Crippen MR) is 136 cm³/mol. The molecule has 10 heteroatoms. The number of ether oxygens (including phenoxy) is 1. The number of hydrogen-bond acceptors (Lipinski definition) is 7. The van der Waals surface area contributed by atoms with Gasteiger partial charge in [0.1, 0.15) is 17.4 Å². The van der Waals surface area contributed by atoms with Crippen molar-refractivity contribution >= 4 is 34.1 Å². The molecule has 1 fully saturated rings. The first-order chi connectivity index (χ1) is 17.4. The number of rotatable bonds is 6. The zero-order chi connectivity index (χ0) is 25.2. The number of fused-ring (bicyclic) bond motifs is 1. The minimum atomic E-state index is -0.348. The molecule has 1 saturated heterocycles. The number of aryl methyl sites for hydroxylation is 1. The van der Waals surface area contributed by atoms with Gasteiger partial charge in [-0.2, -0.15) is 5.10 Å². The van der Waals surface area contributed by atoms with Crippen LogP contribution in [0.25, 0.3) is 10.9 Å². The molecule has 2 N–H and O–H groups in total. The number of amides is 2. The molecule has 3 heterocycles. The standard InChI is InChI=1S/C26H25N5O4S/c1-15-11-18(20-5-3-4-6-22(20)27-15)14-35-19-9-7-17(8-10-19)24(33)28-23-13-31(16(2)32)12-21(23)25-29-30-26(34)36-25/h3-11,21,23H,12-14H2,1-2H3,(H,28,33)(H,30,34)/t21-,23+/m0/s1. The van der Waals surface area contributed by atoms with Crippen molar-refractivity contribution in [2.75, 3.05) is 13.1 Å². The zero-order valence-electron chi connectivity index (χ0n) is 19.9. The topological polar surface area (TPSA) is 117 Å². The number of hydrogen-bond donors (Lipinski definition) is 2. The van der Waals surface area contributed by atoms with Gasteiger partial charge in [0.15, 0.2) is 0 Å². The Hall–Kier alpha value is -4.05. The Balaban J connectivity index is 1.26. The summed E-state index contributed by atoms with van der Waals surface area (Å²) in [5.74, 6) is 0.0508. The first kappa shape index (κ1) is 23.7. The van der Waals surface area contributed by atoms with Crippen LogP contribution in [0, 0.1) is 6.92 Å². The van der Waals surface area contributed by atoms with Gasteiger partial charge in [-0.3, -0.25) is 19.4 Å². The molecule has 2 amide bonds. The van der Waals surface area contributed by atoms with Crippen molar-refractivity contribution in [3.05, 3.63) is 86.1 Å². The number of aromatic nitrogens is 3. The summed E-state index contributed by atoms with van der Waals surface area (Å²) in [5.41, 5.74) is 3.37. The highest BCUT2D eigenvalue weighted by atomic mass is 32.1. The molecule has 0 bridgehead atoms. The van der Waals surface area contributed by atoms with Crippen LogP contribution < -0.4 is 14.9 Å². The fourth-order valence-electron chi connectivity index (χ4n) is 4.49. The summed E-state index contributed by atoms with van der Waals surface area (Å²) >= 11 is 1.00. The van der Waals surface area contributed by atoms with Crippen LogP contribution >= 0.6 is 11.3 Å². The summed E-state index contributed by atoms with van der Waals surface area (Å²) in [6.07, 6.45) is 0. The summed E-state index contributed by atoms with van der Waals surface area (Å²) in [7, 11) is 0. The molecule has 5 rings (SSSR count). The molecular formula is C26H25N5O4S. The number of para-hydroxylation sites is 1. The van der Waals surface area contributed by atoms with Crippen LogP contribution in [0.2, 0.25) is 0 Å². The quantitative estimate of drug-likeness (QED) is 0.418. The summed E-state index contributed by atoms with van der Waals surface area (Å²) < 4.78 is 6.00. The Morgan fingerprint density at radius 2 is 1.94 bits per heavy atom. The smallest absolute Gasteiger partial charge is 0.322 e. The van der Waals surface area contributed by atoms with Crippen LogP contribution in [0.1, 0.15) is 39.5 Å². The Morgan fingerprint density at radius 1 is 1.17 bits per heavy atom. The molecular weight excluding hydrogens is 478 g/mol. The van der Waals surface area contributed by atoms with Gasteiger partial charge in [0, 0.05) is 42.2 Å². The Morgan fingerprint density at radius 3 is 2.67 bits per heavy atom. The lowest BCUT2D eigenvalue weighted by atomic mass is 10.0. The lowest BCUT2D eigenvalue weighted by Crippen LogP contribution is -2.40. The summed E-state index contributed by atoms with van der Waals surface area (Å²) in [5, 5.41) is 11.1. The first-order valence-electron chi connectivity index (χ1n) is 11.6. The van der Waals surface area contributed by atoms with Gasteiger partial charge in [-0.05, 0) is 43.3 Å². The number of aromatic amines is 1. The number of nitrogens with one attached hydrogen (secondary N) is 2. The van der Waals surface area contributed by atoms with E-state index < -0.39 is 0 Å². The monoisotopic (exact) mass is 503 g/mol. The fourth-order valence-corrected chi connectivity index (χ4v) is 5.25. The Labute approximate surface area is 211 Å². The Kier molecular flexibility index (Phi) is 6.51. The number of nitrogens with zero attached hydrogens (tertiary/aromatic N) is 3. The van der Waals surface area contributed by atoms with Gasteiger partial charge < -0.3 is 15.0 Å². The van der Waals surface area contributed by atoms with E-state index in [0.717, 1.165) is 33.5 Å². The maximum Gasteiger partial charge on any atom is 0.322 e. The largest absolute Gasteiger partial charge is 0.489 e. The van der Waals surface area contributed by atoms with E-state index in [9.17, 15) is 14.4 Å². The number of likely N-dealkylation sites (tertiary alicyclic amines) is 1. The van der Waals surface area contributed by atoms with E-state index in [0.29, 0.717) is 36.0 Å². The molecule has 2 atom stereocenters. The van der Waals surface area contributed by atoms with E-state index in [4.69, 9.17) is 4.74 Å². The van der Waals surface area contributed by atoms with Gasteiger partial charge in [-0.25, -0.2) is 5.10 Å². The summed E-state index contributed by atoms with van der Waals surface area (Å²) in [4.78, 5) is 42.5. The molecule has 1 aliphatic heterocycles. The molecule has 2 aromatic carbocycles. The highest BCUT2D eigenvalue weighted by Gasteiger charge is 2.38. The lowest BCUT2D eigenvalue weighted by molar-refractivity contribution is -0.127. The average Bonchev–Trinajstić information content (AvgIpc) is 3.49. The zero-order valence-corrected chi connectivity index (χ0v) is 20.7. The average molecular weight is 504 g/mol. The second kappa shape index (κ2) is 9.90. The normalized spacial score (nSPS) is 17.3. The maximum absolute atomic E-state index is 13.0. The molecule has 0 spiro atoms. The number of pyridine rings is 1. The van der Waals surface area contributed by atoms with Crippen LogP contribution in [0.3, 0.4) is 0 Å². The van der Waals surface area contributed by atoms with Crippen LogP contribution in [-0.2, 0) is 11.4 Å². The number of H-pyrrole nitrogens is 1. The number of carbonyl (C=O) groups excluding carboxylic acids is 2. The van der Waals surface area contributed by atoms with E-state index in [1.54, 1.807) is 29.2 Å². The second-order valence-corrected chi connectivity index (χ2v) is 9.81. The highest BCUT2D eigenvalue weighted by Crippen LogP contribution is 2.28. The second-order valence-electron chi connectivity index (χ2n) is 8.81. The third-order valence-corrected chi connectivity index (χ3v) is 7.17. The van der Waals surface area contributed by atoms with Crippen LogP contribution in [-0.4, -0.2) is 51.0 Å². The van der Waals surface area contributed by atoms with Gasteiger partial charge in [-0.15, -0.1) is 0 Å². The molecule has 0 unspecified atom stereocenters. The molecule has 2 aromatic heterocycles.